The summed E-state index contributed by atoms with van der Waals surface area (Å²) in [7, 11) is 1.34. The average molecular weight is 496 g/mol. The van der Waals surface area contributed by atoms with E-state index in [4.69, 9.17) is 4.74 Å². The van der Waals surface area contributed by atoms with Crippen LogP contribution in [-0.2, 0) is 17.1 Å². The summed E-state index contributed by atoms with van der Waals surface area (Å²) in [5.74, 6) is -1.96. The molecule has 178 valence electrons. The van der Waals surface area contributed by atoms with Gasteiger partial charge in [-0.3, -0.25) is 9.78 Å². The summed E-state index contributed by atoms with van der Waals surface area (Å²) in [6.07, 6.45) is 1.50. The second kappa shape index (κ2) is 9.50. The van der Waals surface area contributed by atoms with Gasteiger partial charge in [0.25, 0.3) is 0 Å². The number of anilines is 2. The Morgan fingerprint density at radius 3 is 2.51 bits per heavy atom. The van der Waals surface area contributed by atoms with Gasteiger partial charge in [-0.25, -0.2) is 13.2 Å². The number of rotatable bonds is 6. The summed E-state index contributed by atoms with van der Waals surface area (Å²) in [6.45, 7) is -0.422. The van der Waals surface area contributed by atoms with Crippen LogP contribution in [0.15, 0.2) is 65.7 Å². The highest BCUT2D eigenvalue weighted by molar-refractivity contribution is 7.98. The molecule has 1 N–H and O–H groups in total. The van der Waals surface area contributed by atoms with Gasteiger partial charge >= 0.3 is 0 Å². The van der Waals surface area contributed by atoms with Crippen molar-refractivity contribution < 1.29 is 22.7 Å². The molecule has 5 rings (SSSR count). The fraction of sp³-hybridized carbons (Fsp3) is 0.154. The molecule has 9 heteroatoms. The highest BCUT2D eigenvalue weighted by atomic mass is 32.2. The Balaban J connectivity index is 1.48. The molecule has 2 heterocycles. The van der Waals surface area contributed by atoms with Crippen LogP contribution in [0, 0.1) is 17.5 Å². The van der Waals surface area contributed by atoms with Crippen LogP contribution in [0.3, 0.4) is 0 Å². The first-order valence-corrected chi connectivity index (χ1v) is 11.8. The summed E-state index contributed by atoms with van der Waals surface area (Å²) in [5, 5.41) is 3.27. The predicted molar refractivity (Wildman–Crippen MR) is 130 cm³/mol. The highest BCUT2D eigenvalue weighted by Crippen LogP contribution is 2.39. The average Bonchev–Trinajstić information content (AvgIpc) is 2.86. The molecule has 35 heavy (non-hydrogen) atoms. The third kappa shape index (κ3) is 4.51. The maximum Gasteiger partial charge on any atom is 0.246 e. The SMILES string of the molecule is COc1cc2ncc3c(c2cc1F)N(Cc1c(F)cc(SCc2ccccc2)cc1F)C(=O)CN3. The molecular formula is C26H20F3N3O2S. The molecule has 5 nitrogen and oxygen atoms in total. The number of hydrogen-bond donors (Lipinski definition) is 1. The Morgan fingerprint density at radius 2 is 1.80 bits per heavy atom. The Bertz CT molecular complexity index is 1410. The predicted octanol–water partition coefficient (Wildman–Crippen LogP) is 5.91. The molecule has 0 saturated carbocycles. The Hall–Kier alpha value is -3.72. The third-order valence-corrected chi connectivity index (χ3v) is 6.84. The number of carbonyl (C=O) groups is 1. The Labute approximate surface area is 203 Å². The molecule has 0 bridgehead atoms. The van der Waals surface area contributed by atoms with Crippen LogP contribution in [0.1, 0.15) is 11.1 Å². The van der Waals surface area contributed by atoms with Gasteiger partial charge in [0.05, 0.1) is 43.3 Å². The van der Waals surface area contributed by atoms with Gasteiger partial charge in [-0.15, -0.1) is 11.8 Å². The minimum absolute atomic E-state index is 0.00674. The largest absolute Gasteiger partial charge is 0.494 e. The molecule has 0 aliphatic carbocycles. The molecule has 4 aromatic rings. The lowest BCUT2D eigenvalue weighted by molar-refractivity contribution is -0.117. The maximum atomic E-state index is 15.1. The zero-order chi connectivity index (χ0) is 24.5. The highest BCUT2D eigenvalue weighted by Gasteiger charge is 2.29. The number of benzene rings is 3. The number of ether oxygens (including phenoxy) is 1. The van der Waals surface area contributed by atoms with Crippen molar-refractivity contribution in [2.75, 3.05) is 23.9 Å². The van der Waals surface area contributed by atoms with Crippen molar-refractivity contribution in [1.82, 2.24) is 4.98 Å². The van der Waals surface area contributed by atoms with Crippen LogP contribution in [-0.4, -0.2) is 24.5 Å². The number of halogens is 3. The molecule has 3 aromatic carbocycles. The second-order valence-electron chi connectivity index (χ2n) is 8.00. The van der Waals surface area contributed by atoms with E-state index in [0.717, 1.165) is 5.56 Å². The van der Waals surface area contributed by atoms with Crippen molar-refractivity contribution in [2.45, 2.75) is 17.2 Å². The lowest BCUT2D eigenvalue weighted by atomic mass is 10.1. The normalized spacial score (nSPS) is 13.0. The quantitative estimate of drug-likeness (QED) is 0.337. The van der Waals surface area contributed by atoms with Gasteiger partial charge in [0.2, 0.25) is 5.91 Å². The smallest absolute Gasteiger partial charge is 0.246 e. The van der Waals surface area contributed by atoms with E-state index in [0.29, 0.717) is 32.9 Å². The van der Waals surface area contributed by atoms with E-state index in [1.54, 1.807) is 0 Å². The lowest BCUT2D eigenvalue weighted by Gasteiger charge is -2.31. The molecule has 1 amide bonds. The number of nitrogens with zero attached hydrogens (tertiary/aromatic N) is 2. The van der Waals surface area contributed by atoms with E-state index in [-0.39, 0.29) is 24.4 Å². The van der Waals surface area contributed by atoms with Crippen molar-refractivity contribution in [1.29, 1.82) is 0 Å². The van der Waals surface area contributed by atoms with Crippen LogP contribution >= 0.6 is 11.8 Å². The van der Waals surface area contributed by atoms with E-state index in [1.165, 1.54) is 54.2 Å². The number of pyridine rings is 1. The van der Waals surface area contributed by atoms with Gasteiger partial charge < -0.3 is 15.0 Å². The van der Waals surface area contributed by atoms with E-state index in [1.807, 2.05) is 30.3 Å². The summed E-state index contributed by atoms with van der Waals surface area (Å²) in [4.78, 5) is 18.9. The van der Waals surface area contributed by atoms with Crippen LogP contribution in [0.4, 0.5) is 24.5 Å². The molecule has 0 atom stereocenters. The summed E-state index contributed by atoms with van der Waals surface area (Å²) in [6, 6.07) is 14.8. The molecule has 1 aliphatic rings. The monoisotopic (exact) mass is 495 g/mol. The van der Waals surface area contributed by atoms with Crippen molar-refractivity contribution in [3.05, 3.63) is 89.4 Å². The first kappa shape index (κ1) is 23.0. The molecule has 0 radical (unpaired) electrons. The first-order chi connectivity index (χ1) is 16.9. The number of carbonyl (C=O) groups excluding carboxylic acids is 1. The number of aromatic nitrogens is 1. The fourth-order valence-corrected chi connectivity index (χ4v) is 4.93. The van der Waals surface area contributed by atoms with E-state index in [2.05, 4.69) is 10.3 Å². The van der Waals surface area contributed by atoms with E-state index in [9.17, 15) is 9.18 Å². The maximum absolute atomic E-state index is 15.1. The fourth-order valence-electron chi connectivity index (χ4n) is 4.03. The van der Waals surface area contributed by atoms with Crippen LogP contribution < -0.4 is 15.0 Å². The first-order valence-electron chi connectivity index (χ1n) is 10.8. The minimum Gasteiger partial charge on any atom is -0.494 e. The van der Waals surface area contributed by atoms with Gasteiger partial charge in [-0.2, -0.15) is 0 Å². The third-order valence-electron chi connectivity index (χ3n) is 5.79. The number of nitrogens with one attached hydrogen (secondary N) is 1. The molecular weight excluding hydrogens is 475 g/mol. The standard InChI is InChI=1S/C26H20F3N3O2S/c1-34-24-10-22-17(9-21(24)29)26-23(11-30-22)31-12-25(33)32(26)13-18-19(27)7-16(8-20(18)28)35-14-15-5-3-2-4-6-15/h2-11,31H,12-14H2,1H3. The van der Waals surface area contributed by atoms with Gasteiger partial charge in [0.15, 0.2) is 11.6 Å². The van der Waals surface area contributed by atoms with Crippen molar-refractivity contribution in [3.8, 4) is 5.75 Å². The molecule has 1 aliphatic heterocycles. The zero-order valence-electron chi connectivity index (χ0n) is 18.6. The van der Waals surface area contributed by atoms with Crippen LogP contribution in [0.2, 0.25) is 0 Å². The molecule has 0 saturated heterocycles. The number of thioether (sulfide) groups is 1. The Morgan fingerprint density at radius 1 is 1.06 bits per heavy atom. The van der Waals surface area contributed by atoms with Crippen LogP contribution in [0.25, 0.3) is 10.9 Å². The van der Waals surface area contributed by atoms with Crippen molar-refractivity contribution in [2.24, 2.45) is 0 Å². The topological polar surface area (TPSA) is 54.5 Å². The molecule has 0 unspecified atom stereocenters. The van der Waals surface area contributed by atoms with E-state index >= 15 is 8.78 Å². The number of fused-ring (bicyclic) bond motifs is 3. The number of methoxy groups -OCH3 is 1. The second-order valence-corrected chi connectivity index (χ2v) is 9.05. The molecule has 0 spiro atoms. The Kier molecular flexibility index (Phi) is 6.25. The summed E-state index contributed by atoms with van der Waals surface area (Å²) in [5.41, 5.74) is 1.97. The van der Waals surface area contributed by atoms with Gasteiger partial charge in [0, 0.05) is 27.7 Å². The minimum atomic E-state index is -0.750. The van der Waals surface area contributed by atoms with Crippen LogP contribution in [0.5, 0.6) is 5.75 Å². The number of hydrogen-bond acceptors (Lipinski definition) is 5. The van der Waals surface area contributed by atoms with Gasteiger partial charge in [-0.1, -0.05) is 30.3 Å². The summed E-state index contributed by atoms with van der Waals surface area (Å²) < 4.78 is 49.7. The zero-order valence-corrected chi connectivity index (χ0v) is 19.5. The lowest BCUT2D eigenvalue weighted by Crippen LogP contribution is -2.40. The number of amides is 1. The van der Waals surface area contributed by atoms with Gasteiger partial charge in [0.1, 0.15) is 11.6 Å². The van der Waals surface area contributed by atoms with Crippen molar-refractivity contribution in [3.63, 3.8) is 0 Å². The van der Waals surface area contributed by atoms with E-state index < -0.39 is 23.4 Å². The van der Waals surface area contributed by atoms with Gasteiger partial charge in [-0.05, 0) is 23.8 Å². The summed E-state index contributed by atoms with van der Waals surface area (Å²) >= 11 is 1.32. The van der Waals surface area contributed by atoms with Crippen molar-refractivity contribution >= 4 is 39.9 Å². The molecule has 1 aromatic heterocycles. The molecule has 0 fully saturated rings.